The van der Waals surface area contributed by atoms with E-state index < -0.39 is 5.97 Å². The minimum atomic E-state index is -1.09. The first-order valence-corrected chi connectivity index (χ1v) is 6.68. The summed E-state index contributed by atoms with van der Waals surface area (Å²) in [5.41, 5.74) is 0.0156. The number of carbonyl (C=O) groups excluding carboxylic acids is 1. The van der Waals surface area contributed by atoms with E-state index in [1.54, 1.807) is 12.1 Å². The van der Waals surface area contributed by atoms with Crippen molar-refractivity contribution in [2.24, 2.45) is 0 Å². The van der Waals surface area contributed by atoms with E-state index in [9.17, 15) is 9.59 Å². The third-order valence-electron chi connectivity index (χ3n) is 2.83. The van der Waals surface area contributed by atoms with Crippen LogP contribution in [0.5, 0.6) is 5.75 Å². The first kappa shape index (κ1) is 19.2. The van der Waals surface area contributed by atoms with Crippen LogP contribution in [0.15, 0.2) is 24.3 Å². The van der Waals surface area contributed by atoms with E-state index in [1.807, 2.05) is 0 Å². The zero-order valence-corrected chi connectivity index (χ0v) is 11.2. The van der Waals surface area contributed by atoms with Crippen LogP contribution < -0.4 is 4.74 Å². The molecular weight excluding hydrogens is 267 g/mol. The van der Waals surface area contributed by atoms with Crippen molar-refractivity contribution in [2.45, 2.75) is 45.4 Å². The predicted octanol–water partition coefficient (Wildman–Crippen LogP) is 3.00. The molecule has 0 aliphatic rings. The number of carbonyl (C=O) groups is 2. The topological polar surface area (TPSA) is 63.6 Å². The SMILES string of the molecule is CCCCCCCC(=O)Oc1ccccc1C(=O)O.[NaH]. The van der Waals surface area contributed by atoms with Crippen molar-refractivity contribution in [1.29, 1.82) is 0 Å². The number of rotatable bonds is 8. The summed E-state index contributed by atoms with van der Waals surface area (Å²) in [4.78, 5) is 22.5. The van der Waals surface area contributed by atoms with Crippen molar-refractivity contribution in [1.82, 2.24) is 0 Å². The van der Waals surface area contributed by atoms with Gasteiger partial charge in [0.15, 0.2) is 0 Å². The zero-order valence-electron chi connectivity index (χ0n) is 11.2. The molecule has 0 bridgehead atoms. The third-order valence-corrected chi connectivity index (χ3v) is 2.83. The molecule has 0 radical (unpaired) electrons. The van der Waals surface area contributed by atoms with Crippen LogP contribution in [0.2, 0.25) is 0 Å². The molecular formula is C15H21NaO4. The summed E-state index contributed by atoms with van der Waals surface area (Å²) >= 11 is 0. The van der Waals surface area contributed by atoms with E-state index in [1.165, 1.54) is 18.6 Å². The van der Waals surface area contributed by atoms with Gasteiger partial charge in [-0.3, -0.25) is 4.79 Å². The first-order chi connectivity index (χ1) is 9.15. The molecule has 1 rings (SSSR count). The molecule has 106 valence electrons. The van der Waals surface area contributed by atoms with Gasteiger partial charge in [0.2, 0.25) is 0 Å². The van der Waals surface area contributed by atoms with E-state index in [2.05, 4.69) is 6.92 Å². The summed E-state index contributed by atoms with van der Waals surface area (Å²) in [6.07, 6.45) is 5.58. The number of unbranched alkanes of at least 4 members (excludes halogenated alkanes) is 4. The molecule has 1 aromatic rings. The molecule has 0 fully saturated rings. The summed E-state index contributed by atoms with van der Waals surface area (Å²) in [5, 5.41) is 8.96. The molecule has 0 spiro atoms. The van der Waals surface area contributed by atoms with Crippen LogP contribution in [0.4, 0.5) is 0 Å². The molecule has 0 aliphatic heterocycles. The van der Waals surface area contributed by atoms with Crippen LogP contribution >= 0.6 is 0 Å². The Morgan fingerprint density at radius 2 is 1.75 bits per heavy atom. The van der Waals surface area contributed by atoms with Gasteiger partial charge in [0.25, 0.3) is 0 Å². The molecule has 5 heteroatoms. The number of aromatic carboxylic acids is 1. The molecule has 20 heavy (non-hydrogen) atoms. The van der Waals surface area contributed by atoms with Gasteiger partial charge in [0.1, 0.15) is 11.3 Å². The Morgan fingerprint density at radius 1 is 1.10 bits per heavy atom. The Balaban J connectivity index is 0.00000361. The fourth-order valence-electron chi connectivity index (χ4n) is 1.78. The number of hydrogen-bond donors (Lipinski definition) is 1. The molecule has 4 nitrogen and oxygen atoms in total. The standard InChI is InChI=1S/C15H20O4.Na.H/c1-2-3-4-5-6-11-14(16)19-13-10-8-7-9-12(13)15(17)18;;/h7-10H,2-6,11H2,1H3,(H,17,18);;. The van der Waals surface area contributed by atoms with Crippen molar-refractivity contribution in [2.75, 3.05) is 0 Å². The van der Waals surface area contributed by atoms with Crippen LogP contribution in [0, 0.1) is 0 Å². The van der Waals surface area contributed by atoms with E-state index in [4.69, 9.17) is 9.84 Å². The minimum absolute atomic E-state index is 0. The van der Waals surface area contributed by atoms with E-state index in [0.29, 0.717) is 6.42 Å². The predicted molar refractivity (Wildman–Crippen MR) is 79.6 cm³/mol. The zero-order chi connectivity index (χ0) is 14.1. The fourth-order valence-corrected chi connectivity index (χ4v) is 1.78. The summed E-state index contributed by atoms with van der Waals surface area (Å²) in [6, 6.07) is 6.17. The second-order valence-electron chi connectivity index (χ2n) is 4.44. The third kappa shape index (κ3) is 7.08. The summed E-state index contributed by atoms with van der Waals surface area (Å²) in [7, 11) is 0. The molecule has 0 heterocycles. The van der Waals surface area contributed by atoms with Gasteiger partial charge in [-0.15, -0.1) is 0 Å². The maximum absolute atomic E-state index is 11.6. The van der Waals surface area contributed by atoms with Crippen molar-refractivity contribution in [3.63, 3.8) is 0 Å². The second-order valence-corrected chi connectivity index (χ2v) is 4.44. The molecule has 1 N–H and O–H groups in total. The summed E-state index contributed by atoms with van der Waals surface area (Å²) < 4.78 is 5.09. The van der Waals surface area contributed by atoms with Crippen molar-refractivity contribution >= 4 is 41.5 Å². The van der Waals surface area contributed by atoms with E-state index in [0.717, 1.165) is 25.7 Å². The Morgan fingerprint density at radius 3 is 2.40 bits per heavy atom. The molecule has 0 saturated heterocycles. The number of hydrogen-bond acceptors (Lipinski definition) is 3. The van der Waals surface area contributed by atoms with Gasteiger partial charge in [-0.25, -0.2) is 4.79 Å². The molecule has 0 amide bonds. The molecule has 0 saturated carbocycles. The van der Waals surface area contributed by atoms with Gasteiger partial charge in [-0.1, -0.05) is 44.7 Å². The monoisotopic (exact) mass is 288 g/mol. The van der Waals surface area contributed by atoms with Crippen LogP contribution in [0.25, 0.3) is 0 Å². The first-order valence-electron chi connectivity index (χ1n) is 6.68. The normalized spacial score (nSPS) is 9.65. The van der Waals surface area contributed by atoms with Crippen LogP contribution in [0.3, 0.4) is 0 Å². The van der Waals surface area contributed by atoms with Gasteiger partial charge >= 0.3 is 41.5 Å². The van der Waals surface area contributed by atoms with Gasteiger partial charge in [-0.05, 0) is 18.6 Å². The molecule has 1 aromatic carbocycles. The number of ether oxygens (including phenoxy) is 1. The summed E-state index contributed by atoms with van der Waals surface area (Å²) in [6.45, 7) is 2.14. The maximum atomic E-state index is 11.6. The van der Waals surface area contributed by atoms with Gasteiger partial charge in [-0.2, -0.15) is 0 Å². The van der Waals surface area contributed by atoms with Crippen LogP contribution in [-0.2, 0) is 4.79 Å². The van der Waals surface area contributed by atoms with E-state index in [-0.39, 0.29) is 46.8 Å². The van der Waals surface area contributed by atoms with E-state index >= 15 is 0 Å². The van der Waals surface area contributed by atoms with Crippen molar-refractivity contribution in [3.05, 3.63) is 29.8 Å². The fraction of sp³-hybridized carbons (Fsp3) is 0.467. The number of para-hydroxylation sites is 1. The quantitative estimate of drug-likeness (QED) is 0.346. The second kappa shape index (κ2) is 10.9. The average Bonchev–Trinajstić information content (AvgIpc) is 2.39. The van der Waals surface area contributed by atoms with Crippen molar-refractivity contribution in [3.8, 4) is 5.75 Å². The molecule has 0 aliphatic carbocycles. The Kier molecular flexibility index (Phi) is 10.4. The molecule has 0 atom stereocenters. The molecule has 0 aromatic heterocycles. The average molecular weight is 288 g/mol. The number of esters is 1. The Bertz CT molecular complexity index is 432. The van der Waals surface area contributed by atoms with Gasteiger partial charge in [0, 0.05) is 6.42 Å². The Hall–Kier alpha value is -0.840. The number of benzene rings is 1. The summed E-state index contributed by atoms with van der Waals surface area (Å²) in [5.74, 6) is -1.34. The van der Waals surface area contributed by atoms with Crippen LogP contribution in [0.1, 0.15) is 55.8 Å². The number of carboxylic acid groups (broad SMARTS) is 1. The van der Waals surface area contributed by atoms with Gasteiger partial charge in [0.05, 0.1) is 0 Å². The van der Waals surface area contributed by atoms with Crippen molar-refractivity contribution < 1.29 is 19.4 Å². The van der Waals surface area contributed by atoms with Gasteiger partial charge < -0.3 is 9.84 Å². The Labute approximate surface area is 141 Å². The van der Waals surface area contributed by atoms with Crippen LogP contribution in [-0.4, -0.2) is 46.6 Å². The molecule has 0 unspecified atom stereocenters. The number of carboxylic acids is 1.